The van der Waals surface area contributed by atoms with Gasteiger partial charge >= 0.3 is 0 Å². The molecule has 2 aliphatic heterocycles. The summed E-state index contributed by atoms with van der Waals surface area (Å²) in [5, 5.41) is 3.61. The van der Waals surface area contributed by atoms with E-state index in [0.717, 1.165) is 11.0 Å². The molecule has 2 saturated heterocycles. The fourth-order valence-corrected chi connectivity index (χ4v) is 8.49. The number of hydrogen-bond acceptors (Lipinski definition) is 3. The molecule has 5 heteroatoms. The molecule has 2 nitrogen and oxygen atoms in total. The summed E-state index contributed by atoms with van der Waals surface area (Å²) in [4.78, 5) is 5.07. The number of hydrogen-bond donors (Lipinski definition) is 0. The van der Waals surface area contributed by atoms with Crippen molar-refractivity contribution < 1.29 is 20.1 Å². The molecule has 7 rings (SSSR count). The predicted octanol–water partition coefficient (Wildman–Crippen LogP) is 8.33. The molecule has 0 spiro atoms. The van der Waals surface area contributed by atoms with Crippen molar-refractivity contribution in [1.29, 1.82) is 0 Å². The number of nitrogens with zero attached hydrogens (tertiary/aromatic N) is 2. The number of pyridine rings is 1. The summed E-state index contributed by atoms with van der Waals surface area (Å²) in [6.45, 7) is 0. The van der Waals surface area contributed by atoms with E-state index < -0.39 is 0 Å². The van der Waals surface area contributed by atoms with Crippen molar-refractivity contribution in [3.05, 3.63) is 84.1 Å². The van der Waals surface area contributed by atoms with Gasteiger partial charge in [0.25, 0.3) is 0 Å². The Bertz CT molecular complexity index is 1490. The Morgan fingerprint density at radius 3 is 2.08 bits per heavy atom. The smallest absolute Gasteiger partial charge is 0.0639 e. The molecule has 0 saturated carbocycles. The molecule has 3 aromatic carbocycles. The van der Waals surface area contributed by atoms with E-state index in [-0.39, 0.29) is 20.1 Å². The zero-order valence-corrected chi connectivity index (χ0v) is 24.2. The van der Waals surface area contributed by atoms with Crippen molar-refractivity contribution in [2.45, 2.75) is 37.5 Å². The van der Waals surface area contributed by atoms with Crippen LogP contribution < -0.4 is 0 Å². The number of aromatic nitrogens is 2. The minimum absolute atomic E-state index is 0. The minimum Gasteiger partial charge on any atom is -0.333 e. The van der Waals surface area contributed by atoms with Gasteiger partial charge in [-0.3, -0.25) is 4.98 Å². The molecule has 2 fully saturated rings. The first kappa shape index (κ1) is 24.6. The molecule has 0 amide bonds. The Balaban J connectivity index is 0.00000240. The van der Waals surface area contributed by atoms with Gasteiger partial charge in [0.1, 0.15) is 0 Å². The Hall–Kier alpha value is -1.78. The average Bonchev–Trinajstić information content (AvgIpc) is 3.39. The van der Waals surface area contributed by atoms with Crippen molar-refractivity contribution in [3.8, 4) is 11.3 Å². The molecular weight excluding hydrogens is 657 g/mol. The monoisotopic (exact) mass is 686 g/mol. The van der Waals surface area contributed by atoms with Crippen LogP contribution in [0.5, 0.6) is 0 Å². The molecule has 2 aliphatic rings. The van der Waals surface area contributed by atoms with Crippen LogP contribution in [0.3, 0.4) is 0 Å². The number of fused-ring (bicyclic) bond motifs is 6. The summed E-state index contributed by atoms with van der Waals surface area (Å²) >= 11 is 4.22. The molecule has 4 heterocycles. The summed E-state index contributed by atoms with van der Waals surface area (Å²) in [5.74, 6) is 6.34. The first-order valence-electron chi connectivity index (χ1n) is 12.9. The van der Waals surface area contributed by atoms with E-state index in [2.05, 4.69) is 94.8 Å². The van der Waals surface area contributed by atoms with Gasteiger partial charge in [0.15, 0.2) is 0 Å². The van der Waals surface area contributed by atoms with E-state index in [4.69, 9.17) is 4.98 Å². The van der Waals surface area contributed by atoms with Crippen LogP contribution in [0.1, 0.15) is 48.6 Å². The molecule has 0 N–H and O–H groups in total. The Morgan fingerprint density at radius 2 is 1.39 bits per heavy atom. The Kier molecular flexibility index (Phi) is 7.18. The number of imidazole rings is 1. The van der Waals surface area contributed by atoms with Crippen LogP contribution in [0.4, 0.5) is 0 Å². The molecule has 0 aliphatic carbocycles. The molecule has 185 valence electrons. The second-order valence-electron chi connectivity index (χ2n) is 9.86. The number of rotatable bonds is 3. The maximum absolute atomic E-state index is 5.07. The second-order valence-corrected chi connectivity index (χ2v) is 12.3. The average molecular weight is 686 g/mol. The normalized spacial score (nSPS) is 17.6. The number of para-hydroxylation sites is 1. The van der Waals surface area contributed by atoms with Gasteiger partial charge in [-0.05, 0) is 83.1 Å². The molecule has 0 unspecified atom stereocenters. The summed E-state index contributed by atoms with van der Waals surface area (Å²) in [6, 6.07) is 25.8. The van der Waals surface area contributed by atoms with Crippen molar-refractivity contribution in [2.75, 3.05) is 23.0 Å². The SMILES string of the molecule is [Ir].[c-]1cccc2c1c1ncc(-c3c(C4CCSCC4)cccc3C3CCSCC3)n1c1ccccc21. The van der Waals surface area contributed by atoms with Gasteiger partial charge in [-0.1, -0.05) is 41.8 Å². The molecule has 2 aromatic heterocycles. The fourth-order valence-electron chi connectivity index (χ4n) is 6.27. The first-order valence-corrected chi connectivity index (χ1v) is 15.2. The standard InChI is InChI=1S/C31H29N2S2.Ir/c1-2-8-27-25(6-1)26-7-3-4-11-28(26)33-29(20-32-31(27)33)30-23(21-12-16-34-17-13-21)9-5-10-24(30)22-14-18-35-19-15-22;/h1-7,9-11,20-22H,12-19H2;/q-1;. The van der Waals surface area contributed by atoms with Gasteiger partial charge in [-0.15, -0.1) is 29.7 Å². The number of thioether (sulfide) groups is 2. The van der Waals surface area contributed by atoms with Gasteiger partial charge in [-0.25, -0.2) is 0 Å². The van der Waals surface area contributed by atoms with Crippen LogP contribution >= 0.6 is 23.5 Å². The van der Waals surface area contributed by atoms with Crippen LogP contribution in [0.25, 0.3) is 38.6 Å². The van der Waals surface area contributed by atoms with Gasteiger partial charge < -0.3 is 4.40 Å². The van der Waals surface area contributed by atoms with Crippen LogP contribution in [0, 0.1) is 6.07 Å². The summed E-state index contributed by atoms with van der Waals surface area (Å²) < 4.78 is 2.44. The Labute approximate surface area is 235 Å². The van der Waals surface area contributed by atoms with Gasteiger partial charge in [0, 0.05) is 37.4 Å². The first-order chi connectivity index (χ1) is 17.4. The van der Waals surface area contributed by atoms with Crippen LogP contribution in [0.15, 0.2) is 66.9 Å². The zero-order valence-electron chi connectivity index (χ0n) is 20.2. The van der Waals surface area contributed by atoms with Crippen molar-refractivity contribution in [1.82, 2.24) is 9.38 Å². The summed E-state index contributed by atoms with van der Waals surface area (Å²) in [5.41, 5.74) is 8.08. The van der Waals surface area contributed by atoms with E-state index in [0.29, 0.717) is 11.8 Å². The topological polar surface area (TPSA) is 17.3 Å². The largest absolute Gasteiger partial charge is 0.333 e. The quantitative estimate of drug-likeness (QED) is 0.141. The van der Waals surface area contributed by atoms with Crippen molar-refractivity contribution >= 4 is 50.8 Å². The van der Waals surface area contributed by atoms with E-state index in [1.807, 2.05) is 6.07 Å². The maximum Gasteiger partial charge on any atom is 0.0639 e. The molecule has 0 bridgehead atoms. The van der Waals surface area contributed by atoms with E-state index in [1.165, 1.54) is 76.2 Å². The predicted molar refractivity (Wildman–Crippen MR) is 153 cm³/mol. The van der Waals surface area contributed by atoms with Crippen molar-refractivity contribution in [2.24, 2.45) is 0 Å². The number of benzene rings is 3. The Morgan fingerprint density at radius 1 is 0.750 bits per heavy atom. The zero-order chi connectivity index (χ0) is 23.2. The second kappa shape index (κ2) is 10.5. The maximum atomic E-state index is 5.07. The summed E-state index contributed by atoms with van der Waals surface area (Å²) in [6.07, 6.45) is 7.25. The molecule has 36 heavy (non-hydrogen) atoms. The third-order valence-electron chi connectivity index (χ3n) is 7.98. The fraction of sp³-hybridized carbons (Fsp3) is 0.323. The van der Waals surface area contributed by atoms with Crippen molar-refractivity contribution in [3.63, 3.8) is 0 Å². The van der Waals surface area contributed by atoms with Crippen LogP contribution in [-0.2, 0) is 20.1 Å². The molecule has 0 atom stereocenters. The van der Waals surface area contributed by atoms with E-state index in [1.54, 1.807) is 11.1 Å². The third kappa shape index (κ3) is 4.13. The van der Waals surface area contributed by atoms with Crippen LogP contribution in [-0.4, -0.2) is 32.4 Å². The van der Waals surface area contributed by atoms with E-state index >= 15 is 0 Å². The molecular formula is C31H29IrN2S2-. The summed E-state index contributed by atoms with van der Waals surface area (Å²) in [7, 11) is 0. The van der Waals surface area contributed by atoms with Gasteiger partial charge in [0.05, 0.1) is 11.3 Å². The minimum atomic E-state index is 0. The third-order valence-corrected chi connectivity index (χ3v) is 10.1. The van der Waals surface area contributed by atoms with E-state index in [9.17, 15) is 0 Å². The molecule has 5 aromatic rings. The van der Waals surface area contributed by atoms with Gasteiger partial charge in [0.2, 0.25) is 0 Å². The van der Waals surface area contributed by atoms with Gasteiger partial charge in [-0.2, -0.15) is 23.5 Å². The molecule has 1 radical (unpaired) electrons. The van der Waals surface area contributed by atoms with Crippen LogP contribution in [0.2, 0.25) is 0 Å².